The first-order valence-corrected chi connectivity index (χ1v) is 8.80. The zero-order chi connectivity index (χ0) is 15.4. The van der Waals surface area contributed by atoms with Gasteiger partial charge in [-0.15, -0.1) is 11.3 Å². The molecule has 1 heterocycles. The van der Waals surface area contributed by atoms with Crippen LogP contribution in [0.3, 0.4) is 0 Å². The van der Waals surface area contributed by atoms with Crippen LogP contribution in [0.25, 0.3) is 10.6 Å². The number of nitrogens with one attached hydrogen (secondary N) is 1. The standard InChI is InChI=1S/C16H20BrFN2S/c1-4-6-13-14(9-19-10(2)3)21-16(20-13)15-11(17)7-5-8-12(15)18/h5,7-8,10,19H,4,6,9H2,1-3H3. The van der Waals surface area contributed by atoms with Gasteiger partial charge in [-0.05, 0) is 34.5 Å². The third-order valence-electron chi connectivity index (χ3n) is 3.11. The van der Waals surface area contributed by atoms with E-state index in [9.17, 15) is 4.39 Å². The van der Waals surface area contributed by atoms with Crippen LogP contribution >= 0.6 is 27.3 Å². The van der Waals surface area contributed by atoms with Gasteiger partial charge in [0.1, 0.15) is 10.8 Å². The summed E-state index contributed by atoms with van der Waals surface area (Å²) in [6.07, 6.45) is 1.97. The van der Waals surface area contributed by atoms with Gasteiger partial charge in [0.25, 0.3) is 0 Å². The van der Waals surface area contributed by atoms with Gasteiger partial charge < -0.3 is 5.32 Å². The highest BCUT2D eigenvalue weighted by molar-refractivity contribution is 9.10. The van der Waals surface area contributed by atoms with Crippen molar-refractivity contribution in [1.29, 1.82) is 0 Å². The Kier molecular flexibility index (Phi) is 5.90. The molecule has 21 heavy (non-hydrogen) atoms. The highest BCUT2D eigenvalue weighted by Crippen LogP contribution is 2.35. The lowest BCUT2D eigenvalue weighted by Crippen LogP contribution is -2.21. The van der Waals surface area contributed by atoms with Crippen molar-refractivity contribution >= 4 is 27.3 Å². The zero-order valence-electron chi connectivity index (χ0n) is 12.5. The van der Waals surface area contributed by atoms with Crippen molar-refractivity contribution in [2.45, 2.75) is 46.2 Å². The molecule has 1 aromatic carbocycles. The number of hydrogen-bond donors (Lipinski definition) is 1. The minimum Gasteiger partial charge on any atom is -0.310 e. The molecule has 5 heteroatoms. The monoisotopic (exact) mass is 370 g/mol. The van der Waals surface area contributed by atoms with Gasteiger partial charge in [0.05, 0.1) is 11.3 Å². The maximum Gasteiger partial charge on any atom is 0.134 e. The molecule has 0 amide bonds. The van der Waals surface area contributed by atoms with Crippen LogP contribution in [-0.4, -0.2) is 11.0 Å². The van der Waals surface area contributed by atoms with Crippen LogP contribution in [0.15, 0.2) is 22.7 Å². The largest absolute Gasteiger partial charge is 0.310 e. The van der Waals surface area contributed by atoms with Gasteiger partial charge in [0, 0.05) is 21.9 Å². The molecule has 2 nitrogen and oxygen atoms in total. The first-order chi connectivity index (χ1) is 10.0. The molecular weight excluding hydrogens is 351 g/mol. The topological polar surface area (TPSA) is 24.9 Å². The molecule has 0 aliphatic carbocycles. The Hall–Kier alpha value is -0.780. The fraction of sp³-hybridized carbons (Fsp3) is 0.438. The molecule has 0 aliphatic heterocycles. The Labute approximate surface area is 137 Å². The average molecular weight is 371 g/mol. The Morgan fingerprint density at radius 1 is 1.38 bits per heavy atom. The third-order valence-corrected chi connectivity index (χ3v) is 4.89. The van der Waals surface area contributed by atoms with Gasteiger partial charge >= 0.3 is 0 Å². The molecule has 2 aromatic rings. The third kappa shape index (κ3) is 4.11. The molecule has 0 atom stereocenters. The fourth-order valence-corrected chi connectivity index (χ4v) is 3.84. The van der Waals surface area contributed by atoms with E-state index in [2.05, 4.69) is 47.0 Å². The Balaban J connectivity index is 2.38. The predicted octanol–water partition coefficient (Wildman–Crippen LogP) is 5.16. The molecule has 0 unspecified atom stereocenters. The SMILES string of the molecule is CCCc1nc(-c2c(F)cccc2Br)sc1CNC(C)C. The Morgan fingerprint density at radius 3 is 2.76 bits per heavy atom. The van der Waals surface area contributed by atoms with E-state index >= 15 is 0 Å². The first-order valence-electron chi connectivity index (χ1n) is 7.19. The maximum absolute atomic E-state index is 14.1. The molecular formula is C16H20BrFN2S. The second-order valence-corrected chi connectivity index (χ2v) is 7.21. The number of nitrogens with zero attached hydrogens (tertiary/aromatic N) is 1. The normalized spacial score (nSPS) is 11.3. The minimum absolute atomic E-state index is 0.232. The lowest BCUT2D eigenvalue weighted by Gasteiger charge is -2.07. The molecule has 1 aromatic heterocycles. The van der Waals surface area contributed by atoms with Gasteiger partial charge in [-0.2, -0.15) is 0 Å². The van der Waals surface area contributed by atoms with E-state index in [0.717, 1.165) is 34.6 Å². The Morgan fingerprint density at radius 2 is 2.14 bits per heavy atom. The van der Waals surface area contributed by atoms with E-state index < -0.39 is 0 Å². The quantitative estimate of drug-likeness (QED) is 0.759. The fourth-order valence-electron chi connectivity index (χ4n) is 2.06. The highest BCUT2D eigenvalue weighted by atomic mass is 79.9. The summed E-state index contributed by atoms with van der Waals surface area (Å²) in [6.45, 7) is 7.16. The van der Waals surface area contributed by atoms with Crippen LogP contribution in [0, 0.1) is 5.82 Å². The summed E-state index contributed by atoms with van der Waals surface area (Å²) in [7, 11) is 0. The summed E-state index contributed by atoms with van der Waals surface area (Å²) in [5.74, 6) is -0.232. The van der Waals surface area contributed by atoms with Gasteiger partial charge in [-0.1, -0.05) is 33.3 Å². The second-order valence-electron chi connectivity index (χ2n) is 5.27. The zero-order valence-corrected chi connectivity index (χ0v) is 14.9. The van der Waals surface area contributed by atoms with Gasteiger partial charge in [-0.3, -0.25) is 0 Å². The molecule has 114 valence electrons. The summed E-state index contributed by atoms with van der Waals surface area (Å²) in [5, 5.41) is 4.17. The highest BCUT2D eigenvalue weighted by Gasteiger charge is 2.17. The van der Waals surface area contributed by atoms with Crippen LogP contribution in [-0.2, 0) is 13.0 Å². The van der Waals surface area contributed by atoms with Crippen molar-refractivity contribution in [3.8, 4) is 10.6 Å². The molecule has 0 bridgehead atoms. The summed E-state index contributed by atoms with van der Waals surface area (Å²) in [6, 6.07) is 5.45. The van der Waals surface area contributed by atoms with Crippen LogP contribution in [0.1, 0.15) is 37.8 Å². The number of aromatic nitrogens is 1. The molecule has 0 spiro atoms. The molecule has 0 aliphatic rings. The number of hydrogen-bond acceptors (Lipinski definition) is 3. The number of benzene rings is 1. The summed E-state index contributed by atoms with van der Waals surface area (Å²) < 4.78 is 14.9. The lowest BCUT2D eigenvalue weighted by molar-refractivity contribution is 0.589. The van der Waals surface area contributed by atoms with Crippen molar-refractivity contribution in [2.75, 3.05) is 0 Å². The smallest absolute Gasteiger partial charge is 0.134 e. The lowest BCUT2D eigenvalue weighted by atomic mass is 10.2. The molecule has 1 N–H and O–H groups in total. The van der Waals surface area contributed by atoms with Crippen molar-refractivity contribution in [2.24, 2.45) is 0 Å². The first kappa shape index (κ1) is 16.6. The maximum atomic E-state index is 14.1. The number of halogens is 2. The van der Waals surface area contributed by atoms with Crippen molar-refractivity contribution < 1.29 is 4.39 Å². The van der Waals surface area contributed by atoms with Crippen LogP contribution < -0.4 is 5.32 Å². The van der Waals surface area contributed by atoms with E-state index in [1.807, 2.05) is 6.07 Å². The molecule has 0 saturated carbocycles. The molecule has 2 rings (SSSR count). The van der Waals surface area contributed by atoms with Crippen LogP contribution in [0.4, 0.5) is 4.39 Å². The summed E-state index contributed by atoms with van der Waals surface area (Å²) >= 11 is 5.01. The van der Waals surface area contributed by atoms with E-state index in [0.29, 0.717) is 11.6 Å². The molecule has 0 radical (unpaired) electrons. The number of thiazole rings is 1. The van der Waals surface area contributed by atoms with E-state index in [1.54, 1.807) is 17.4 Å². The van der Waals surface area contributed by atoms with Gasteiger partial charge in [-0.25, -0.2) is 9.37 Å². The van der Waals surface area contributed by atoms with E-state index in [-0.39, 0.29) is 5.82 Å². The van der Waals surface area contributed by atoms with Crippen molar-refractivity contribution in [3.05, 3.63) is 39.1 Å². The molecule has 0 saturated heterocycles. The summed E-state index contributed by atoms with van der Waals surface area (Å²) in [4.78, 5) is 5.88. The second kappa shape index (κ2) is 7.47. The van der Waals surface area contributed by atoms with Gasteiger partial charge in [0.2, 0.25) is 0 Å². The van der Waals surface area contributed by atoms with E-state index in [1.165, 1.54) is 10.9 Å². The van der Waals surface area contributed by atoms with Crippen LogP contribution in [0.5, 0.6) is 0 Å². The number of aryl methyl sites for hydroxylation is 1. The molecule has 0 fully saturated rings. The predicted molar refractivity (Wildman–Crippen MR) is 91.2 cm³/mol. The van der Waals surface area contributed by atoms with Crippen molar-refractivity contribution in [3.63, 3.8) is 0 Å². The minimum atomic E-state index is -0.232. The number of rotatable bonds is 6. The van der Waals surface area contributed by atoms with Gasteiger partial charge in [0.15, 0.2) is 0 Å². The van der Waals surface area contributed by atoms with E-state index in [4.69, 9.17) is 0 Å². The average Bonchev–Trinajstić information content (AvgIpc) is 2.79. The van der Waals surface area contributed by atoms with Crippen LogP contribution in [0.2, 0.25) is 0 Å². The summed E-state index contributed by atoms with van der Waals surface area (Å²) in [5.41, 5.74) is 1.65. The van der Waals surface area contributed by atoms with Crippen molar-refractivity contribution in [1.82, 2.24) is 10.3 Å². The Bertz CT molecular complexity index is 590.